The van der Waals surface area contributed by atoms with E-state index in [9.17, 15) is 4.11 Å². The largest absolute Gasteiger partial charge is 0.311 e. The number of nitrogens with zero attached hydrogens (tertiary/aromatic N) is 2. The van der Waals surface area contributed by atoms with Gasteiger partial charge in [-0.1, -0.05) is 144 Å². The summed E-state index contributed by atoms with van der Waals surface area (Å²) in [6.07, 6.45) is 4.37. The SMILES string of the molecule is [2H]C([2H])([2H])c1cc2c3c(c1)N(c1ccc4c(c1C)C(C)(C)CCC4(C)C)c1ccc(-c4ccccc4)cc1B3c1cc3c(cc1N2c1cc2c(cc1C)C(C)(C)CC2(C)C)C(C)(C)CC3(C)C. The third-order valence-corrected chi connectivity index (χ3v) is 17.0. The molecule has 0 radical (unpaired) electrons. The quantitative estimate of drug-likeness (QED) is 0.164. The Kier molecular flexibility index (Phi) is 7.82. The van der Waals surface area contributed by atoms with Gasteiger partial charge in [-0.25, -0.2) is 0 Å². The number of hydrogen-bond donors (Lipinski definition) is 0. The monoisotopic (exact) mass is 844 g/mol. The zero-order valence-electron chi connectivity index (χ0n) is 44.0. The molecule has 2 aliphatic heterocycles. The van der Waals surface area contributed by atoms with Crippen molar-refractivity contribution in [2.45, 2.75) is 162 Å². The highest BCUT2D eigenvalue weighted by molar-refractivity contribution is 7.00. The molecule has 11 rings (SSSR count). The Balaban J connectivity index is 1.30. The first-order valence-corrected chi connectivity index (χ1v) is 24.1. The van der Waals surface area contributed by atoms with Crippen molar-refractivity contribution < 1.29 is 4.11 Å². The molecule has 0 saturated carbocycles. The molecule has 0 saturated heterocycles. The average Bonchev–Trinajstić information content (AvgIpc) is 3.54. The van der Waals surface area contributed by atoms with Crippen LogP contribution in [-0.2, 0) is 32.5 Å². The molecule has 3 aliphatic carbocycles. The Bertz CT molecular complexity index is 3110. The molecule has 0 unspecified atom stereocenters. The van der Waals surface area contributed by atoms with Gasteiger partial charge in [0.1, 0.15) is 0 Å². The van der Waals surface area contributed by atoms with Gasteiger partial charge in [0, 0.05) is 38.2 Å². The summed E-state index contributed by atoms with van der Waals surface area (Å²) in [5, 5.41) is 0. The number of fused-ring (bicyclic) bond motifs is 7. The number of benzene rings is 6. The second kappa shape index (κ2) is 13.1. The zero-order chi connectivity index (χ0) is 47.9. The van der Waals surface area contributed by atoms with Gasteiger partial charge in [-0.2, -0.15) is 0 Å². The van der Waals surface area contributed by atoms with E-state index in [0.29, 0.717) is 5.56 Å². The van der Waals surface area contributed by atoms with Crippen molar-refractivity contribution in [3.8, 4) is 11.1 Å². The second-order valence-corrected chi connectivity index (χ2v) is 24.6. The van der Waals surface area contributed by atoms with Gasteiger partial charge in [0.2, 0.25) is 0 Å². The molecule has 0 amide bonds. The highest BCUT2D eigenvalue weighted by Gasteiger charge is 2.50. The fraction of sp³-hybridized carbons (Fsp3) is 0.410. The summed E-state index contributed by atoms with van der Waals surface area (Å²) >= 11 is 0. The van der Waals surface area contributed by atoms with E-state index in [2.05, 4.69) is 192 Å². The number of rotatable bonds is 3. The lowest BCUT2D eigenvalue weighted by Crippen LogP contribution is -2.61. The van der Waals surface area contributed by atoms with Gasteiger partial charge in [0.25, 0.3) is 6.71 Å². The molecule has 2 nitrogen and oxygen atoms in total. The van der Waals surface area contributed by atoms with Crippen molar-refractivity contribution in [3.05, 3.63) is 147 Å². The molecule has 6 aromatic carbocycles. The van der Waals surface area contributed by atoms with Crippen LogP contribution < -0.4 is 26.2 Å². The first kappa shape index (κ1) is 38.3. The van der Waals surface area contributed by atoms with Gasteiger partial charge in [0.15, 0.2) is 0 Å². The molecule has 0 fully saturated rings. The van der Waals surface area contributed by atoms with Crippen molar-refractivity contribution in [1.29, 1.82) is 0 Å². The van der Waals surface area contributed by atoms with Crippen LogP contribution in [0, 0.1) is 20.7 Å². The van der Waals surface area contributed by atoms with Crippen LogP contribution in [0.15, 0.2) is 97.1 Å². The maximum atomic E-state index is 9.18. The van der Waals surface area contributed by atoms with Crippen molar-refractivity contribution in [2.75, 3.05) is 9.80 Å². The van der Waals surface area contributed by atoms with E-state index in [0.717, 1.165) is 59.8 Å². The molecule has 64 heavy (non-hydrogen) atoms. The average molecular weight is 844 g/mol. The lowest BCUT2D eigenvalue weighted by molar-refractivity contribution is 0.330. The summed E-state index contributed by atoms with van der Waals surface area (Å²) < 4.78 is 27.5. The summed E-state index contributed by atoms with van der Waals surface area (Å²) in [6, 6.07) is 36.7. The molecular weight excluding hydrogens is 771 g/mol. The molecule has 6 aromatic rings. The van der Waals surface area contributed by atoms with Crippen LogP contribution in [0.3, 0.4) is 0 Å². The van der Waals surface area contributed by atoms with E-state index in [-0.39, 0.29) is 39.2 Å². The van der Waals surface area contributed by atoms with Gasteiger partial charge >= 0.3 is 0 Å². The summed E-state index contributed by atoms with van der Waals surface area (Å²) in [5.74, 6) is 0. The Morgan fingerprint density at radius 2 is 0.984 bits per heavy atom. The van der Waals surface area contributed by atoms with Crippen LogP contribution in [0.2, 0.25) is 0 Å². The zero-order valence-corrected chi connectivity index (χ0v) is 41.0. The molecule has 3 heteroatoms. The third kappa shape index (κ3) is 5.77. The van der Waals surface area contributed by atoms with Crippen LogP contribution in [0.25, 0.3) is 11.1 Å². The van der Waals surface area contributed by atoms with Crippen LogP contribution >= 0.6 is 0 Å². The van der Waals surface area contributed by atoms with Gasteiger partial charge in [-0.3, -0.25) is 0 Å². The van der Waals surface area contributed by atoms with Crippen molar-refractivity contribution in [3.63, 3.8) is 0 Å². The fourth-order valence-corrected chi connectivity index (χ4v) is 14.4. The normalized spacial score (nSPS) is 21.4. The van der Waals surface area contributed by atoms with Gasteiger partial charge in [0.05, 0.1) is 0 Å². The first-order valence-electron chi connectivity index (χ1n) is 25.6. The Morgan fingerprint density at radius 1 is 0.453 bits per heavy atom. The number of hydrogen-bond acceptors (Lipinski definition) is 2. The number of aryl methyl sites for hydroxylation is 2. The van der Waals surface area contributed by atoms with E-state index in [1.54, 1.807) is 0 Å². The maximum absolute atomic E-state index is 9.18. The van der Waals surface area contributed by atoms with E-state index in [1.165, 1.54) is 72.0 Å². The van der Waals surface area contributed by atoms with Gasteiger partial charge in [-0.05, 0) is 193 Å². The third-order valence-electron chi connectivity index (χ3n) is 17.0. The first-order chi connectivity index (χ1) is 31.1. The lowest BCUT2D eigenvalue weighted by atomic mass is 9.33. The van der Waals surface area contributed by atoms with Crippen molar-refractivity contribution in [2.24, 2.45) is 0 Å². The summed E-state index contributed by atoms with van der Waals surface area (Å²) in [6.45, 7) is 31.0. The van der Waals surface area contributed by atoms with E-state index >= 15 is 0 Å². The summed E-state index contributed by atoms with van der Waals surface area (Å²) in [7, 11) is 0. The molecule has 0 bridgehead atoms. The summed E-state index contributed by atoms with van der Waals surface area (Å²) in [5.41, 5.74) is 23.8. The van der Waals surface area contributed by atoms with Crippen LogP contribution in [0.4, 0.5) is 34.1 Å². The molecule has 0 N–H and O–H groups in total. The second-order valence-electron chi connectivity index (χ2n) is 24.6. The molecule has 326 valence electrons. The minimum absolute atomic E-state index is 0.0205. The Labute approximate surface area is 389 Å². The molecule has 5 aliphatic rings. The smallest absolute Gasteiger partial charge is 0.252 e. The lowest BCUT2D eigenvalue weighted by Gasteiger charge is -2.47. The minimum atomic E-state index is -2.35. The van der Waals surface area contributed by atoms with E-state index in [1.807, 2.05) is 12.1 Å². The predicted octanol–water partition coefficient (Wildman–Crippen LogP) is 14.6. The van der Waals surface area contributed by atoms with Crippen molar-refractivity contribution in [1.82, 2.24) is 0 Å². The van der Waals surface area contributed by atoms with Crippen LogP contribution in [-0.4, -0.2) is 6.71 Å². The van der Waals surface area contributed by atoms with E-state index in [4.69, 9.17) is 0 Å². The maximum Gasteiger partial charge on any atom is 0.252 e. The fourth-order valence-electron chi connectivity index (χ4n) is 14.4. The van der Waals surface area contributed by atoms with Gasteiger partial charge in [-0.15, -0.1) is 0 Å². The Morgan fingerprint density at radius 3 is 1.61 bits per heavy atom. The molecule has 0 aromatic heterocycles. The van der Waals surface area contributed by atoms with Gasteiger partial charge < -0.3 is 9.80 Å². The van der Waals surface area contributed by atoms with Crippen LogP contribution in [0.1, 0.15) is 163 Å². The number of anilines is 6. The van der Waals surface area contributed by atoms with Crippen molar-refractivity contribution >= 4 is 57.2 Å². The van der Waals surface area contributed by atoms with E-state index < -0.39 is 6.85 Å². The van der Waals surface area contributed by atoms with Crippen LogP contribution in [0.5, 0.6) is 0 Å². The summed E-state index contributed by atoms with van der Waals surface area (Å²) in [4.78, 5) is 4.97. The Hall–Kier alpha value is -5.02. The molecule has 0 atom stereocenters. The highest BCUT2D eigenvalue weighted by Crippen LogP contribution is 2.56. The standard InChI is InChI=1S/C61H69BN2/c1-36-27-52-55-53(28-36)64(50-32-44-42(29-37(50)2)58(8,9)34-60(44,12)13)51-33-45-43(59(10,11)35-61(45,14)15)31-47(51)62(55)46-30-40(39-19-17-16-18-20-39)21-23-49(46)63(52)48-24-22-41-54(38(48)3)57(6,7)26-25-56(41,4)5/h16-24,27-33H,25-26,34-35H2,1-15H3/i1D3. The molecule has 2 heterocycles. The topological polar surface area (TPSA) is 6.48 Å². The minimum Gasteiger partial charge on any atom is -0.311 e. The molecule has 0 spiro atoms. The molecular formula is C61H69BN2. The highest BCUT2D eigenvalue weighted by atomic mass is 15.2. The predicted molar refractivity (Wildman–Crippen MR) is 277 cm³/mol.